The highest BCUT2D eigenvalue weighted by Gasteiger charge is 2.26. The fourth-order valence-electron chi connectivity index (χ4n) is 2.74. The van der Waals surface area contributed by atoms with Gasteiger partial charge >= 0.3 is 5.69 Å². The molecular weight excluding hydrogens is 286 g/mol. The lowest BCUT2D eigenvalue weighted by molar-refractivity contribution is -0.131. The summed E-state index contributed by atoms with van der Waals surface area (Å²) in [5.74, 6) is 0.129. The largest absolute Gasteiger partial charge is 0.345 e. The maximum absolute atomic E-state index is 12.4. The first-order valence-electron chi connectivity index (χ1n) is 7.24. The van der Waals surface area contributed by atoms with Crippen molar-refractivity contribution in [3.05, 3.63) is 39.8 Å². The Morgan fingerprint density at radius 1 is 1.50 bits per heavy atom. The number of aromatic amines is 1. The minimum atomic E-state index is -0.356. The Bertz CT molecular complexity index is 723. The topological polar surface area (TPSA) is 105 Å². The number of hydrogen-bond acceptors (Lipinski definition) is 6. The highest BCUT2D eigenvalue weighted by atomic mass is 16.6. The number of likely N-dealkylation sites (tertiary alicyclic amines) is 1. The van der Waals surface area contributed by atoms with Gasteiger partial charge in [-0.05, 0) is 25.8 Å². The second kappa shape index (κ2) is 6.08. The Labute approximate surface area is 126 Å². The molecule has 0 aliphatic carbocycles. The van der Waals surface area contributed by atoms with Gasteiger partial charge in [0.2, 0.25) is 5.91 Å². The SMILES string of the molecule is Cc1nonc1CC(=O)N1CCC[C@@H](c2ccnc(=O)[nH]2)C1. The van der Waals surface area contributed by atoms with Crippen molar-refractivity contribution in [1.82, 2.24) is 25.2 Å². The van der Waals surface area contributed by atoms with E-state index in [9.17, 15) is 9.59 Å². The molecule has 0 spiro atoms. The third-order valence-corrected chi connectivity index (χ3v) is 3.98. The van der Waals surface area contributed by atoms with E-state index in [0.29, 0.717) is 17.9 Å². The molecule has 22 heavy (non-hydrogen) atoms. The molecule has 8 heteroatoms. The molecule has 0 bridgehead atoms. The molecule has 1 N–H and O–H groups in total. The van der Waals surface area contributed by atoms with Crippen molar-refractivity contribution < 1.29 is 9.42 Å². The lowest BCUT2D eigenvalue weighted by Gasteiger charge is -2.32. The summed E-state index contributed by atoms with van der Waals surface area (Å²) in [6.45, 7) is 3.07. The van der Waals surface area contributed by atoms with Gasteiger partial charge in [-0.25, -0.2) is 14.4 Å². The Morgan fingerprint density at radius 2 is 2.36 bits per heavy atom. The molecule has 8 nitrogen and oxygen atoms in total. The summed E-state index contributed by atoms with van der Waals surface area (Å²) in [6.07, 6.45) is 3.53. The number of hydrogen-bond donors (Lipinski definition) is 1. The molecule has 2 aromatic rings. The van der Waals surface area contributed by atoms with Gasteiger partial charge in [-0.2, -0.15) is 0 Å². The maximum Gasteiger partial charge on any atom is 0.345 e. The van der Waals surface area contributed by atoms with Crippen LogP contribution in [0, 0.1) is 6.92 Å². The summed E-state index contributed by atoms with van der Waals surface area (Å²) in [4.78, 5) is 31.9. The van der Waals surface area contributed by atoms with E-state index in [4.69, 9.17) is 0 Å². The first kappa shape index (κ1) is 14.4. The molecule has 1 aliphatic rings. The van der Waals surface area contributed by atoms with E-state index < -0.39 is 0 Å². The fourth-order valence-corrected chi connectivity index (χ4v) is 2.74. The minimum Gasteiger partial charge on any atom is -0.342 e. The Morgan fingerprint density at radius 3 is 3.09 bits per heavy atom. The van der Waals surface area contributed by atoms with E-state index in [0.717, 1.165) is 25.1 Å². The van der Waals surface area contributed by atoms with Crippen LogP contribution in [0.3, 0.4) is 0 Å². The van der Waals surface area contributed by atoms with Crippen LogP contribution in [0.1, 0.15) is 35.8 Å². The highest BCUT2D eigenvalue weighted by Crippen LogP contribution is 2.25. The quantitative estimate of drug-likeness (QED) is 0.880. The van der Waals surface area contributed by atoms with E-state index >= 15 is 0 Å². The zero-order chi connectivity index (χ0) is 15.5. The first-order valence-corrected chi connectivity index (χ1v) is 7.24. The average molecular weight is 303 g/mol. The molecule has 1 atom stereocenters. The van der Waals surface area contributed by atoms with Gasteiger partial charge in [-0.3, -0.25) is 4.79 Å². The number of nitrogens with zero attached hydrogens (tertiary/aromatic N) is 4. The average Bonchev–Trinajstić information content (AvgIpc) is 2.92. The van der Waals surface area contributed by atoms with E-state index in [1.165, 1.54) is 6.20 Å². The van der Waals surface area contributed by atoms with Crippen molar-refractivity contribution in [2.24, 2.45) is 0 Å². The Hall–Kier alpha value is -2.51. The van der Waals surface area contributed by atoms with Crippen LogP contribution in [0.2, 0.25) is 0 Å². The molecule has 1 saturated heterocycles. The van der Waals surface area contributed by atoms with Crippen LogP contribution in [0.25, 0.3) is 0 Å². The normalized spacial score (nSPS) is 18.4. The van der Waals surface area contributed by atoms with Crippen molar-refractivity contribution in [3.63, 3.8) is 0 Å². The second-order valence-corrected chi connectivity index (χ2v) is 5.48. The van der Waals surface area contributed by atoms with Gasteiger partial charge in [0.25, 0.3) is 0 Å². The summed E-state index contributed by atoms with van der Waals surface area (Å²) in [5.41, 5.74) is 1.69. The van der Waals surface area contributed by atoms with Crippen LogP contribution in [0.5, 0.6) is 0 Å². The van der Waals surface area contributed by atoms with Crippen molar-refractivity contribution in [3.8, 4) is 0 Å². The van der Waals surface area contributed by atoms with Crippen LogP contribution >= 0.6 is 0 Å². The van der Waals surface area contributed by atoms with Crippen LogP contribution in [0.4, 0.5) is 0 Å². The zero-order valence-corrected chi connectivity index (χ0v) is 12.3. The monoisotopic (exact) mass is 303 g/mol. The molecular formula is C14H17N5O3. The molecule has 3 heterocycles. The summed E-state index contributed by atoms with van der Waals surface area (Å²) >= 11 is 0. The maximum atomic E-state index is 12.4. The van der Waals surface area contributed by atoms with E-state index in [1.807, 2.05) is 0 Å². The van der Waals surface area contributed by atoms with Crippen molar-refractivity contribution >= 4 is 5.91 Å². The number of amides is 1. The number of carbonyl (C=O) groups is 1. The minimum absolute atomic E-state index is 0.0000898. The van der Waals surface area contributed by atoms with Gasteiger partial charge < -0.3 is 9.88 Å². The summed E-state index contributed by atoms with van der Waals surface area (Å²) in [5, 5.41) is 7.43. The van der Waals surface area contributed by atoms with Gasteiger partial charge in [-0.15, -0.1) is 0 Å². The number of piperidine rings is 1. The summed E-state index contributed by atoms with van der Waals surface area (Å²) < 4.78 is 4.62. The standard InChI is InChI=1S/C14H17N5O3/c1-9-12(18-22-17-9)7-13(20)19-6-2-3-10(8-19)11-4-5-15-14(21)16-11/h4-5,10H,2-3,6-8H2,1H3,(H,15,16,21)/t10-/m1/s1. The smallest absolute Gasteiger partial charge is 0.342 e. The predicted octanol–water partition coefficient (Wildman–Crippen LogP) is 0.410. The van der Waals surface area contributed by atoms with Gasteiger partial charge in [-0.1, -0.05) is 10.3 Å². The number of nitrogens with one attached hydrogen (secondary N) is 1. The molecule has 1 fully saturated rings. The molecule has 0 unspecified atom stereocenters. The van der Waals surface area contributed by atoms with Gasteiger partial charge in [0.05, 0.1) is 6.42 Å². The molecule has 0 saturated carbocycles. The van der Waals surface area contributed by atoms with Crippen molar-refractivity contribution in [2.45, 2.75) is 32.1 Å². The van der Waals surface area contributed by atoms with Gasteiger partial charge in [0, 0.05) is 30.9 Å². The van der Waals surface area contributed by atoms with Crippen LogP contribution in [0.15, 0.2) is 21.7 Å². The highest BCUT2D eigenvalue weighted by molar-refractivity contribution is 5.78. The van der Waals surface area contributed by atoms with Crippen molar-refractivity contribution in [1.29, 1.82) is 0 Å². The third kappa shape index (κ3) is 3.05. The van der Waals surface area contributed by atoms with Gasteiger partial charge in [0.1, 0.15) is 11.4 Å². The van der Waals surface area contributed by atoms with Crippen LogP contribution in [-0.4, -0.2) is 44.2 Å². The van der Waals surface area contributed by atoms with E-state index in [2.05, 4.69) is 24.9 Å². The van der Waals surface area contributed by atoms with Crippen LogP contribution < -0.4 is 5.69 Å². The van der Waals surface area contributed by atoms with E-state index in [-0.39, 0.29) is 23.9 Å². The van der Waals surface area contributed by atoms with Gasteiger partial charge in [0.15, 0.2) is 0 Å². The number of aryl methyl sites for hydroxylation is 1. The number of aromatic nitrogens is 4. The van der Waals surface area contributed by atoms with E-state index in [1.54, 1.807) is 17.9 Å². The Balaban J connectivity index is 1.69. The number of carbonyl (C=O) groups excluding carboxylic acids is 1. The molecule has 1 aliphatic heterocycles. The first-order chi connectivity index (χ1) is 10.6. The second-order valence-electron chi connectivity index (χ2n) is 5.48. The fraction of sp³-hybridized carbons (Fsp3) is 0.500. The third-order valence-electron chi connectivity index (χ3n) is 3.98. The Kier molecular flexibility index (Phi) is 3.99. The van der Waals surface area contributed by atoms with Crippen LogP contribution in [-0.2, 0) is 11.2 Å². The molecule has 116 valence electrons. The number of H-pyrrole nitrogens is 1. The molecule has 0 radical (unpaired) electrons. The molecule has 1 amide bonds. The lowest BCUT2D eigenvalue weighted by atomic mass is 9.94. The molecule has 0 aromatic carbocycles. The number of rotatable bonds is 3. The summed E-state index contributed by atoms with van der Waals surface area (Å²) in [6, 6.07) is 1.80. The zero-order valence-electron chi connectivity index (χ0n) is 12.3. The van der Waals surface area contributed by atoms with Crippen molar-refractivity contribution in [2.75, 3.05) is 13.1 Å². The predicted molar refractivity (Wildman–Crippen MR) is 76.2 cm³/mol. The molecule has 2 aromatic heterocycles. The molecule has 3 rings (SSSR count). The lowest BCUT2D eigenvalue weighted by Crippen LogP contribution is -2.40. The summed E-state index contributed by atoms with van der Waals surface area (Å²) in [7, 11) is 0.